The first-order valence-electron chi connectivity index (χ1n) is 9.92. The maximum Gasteiger partial charge on any atom is 0.282 e. The number of thiazole rings is 1. The Kier molecular flexibility index (Phi) is 5.04. The summed E-state index contributed by atoms with van der Waals surface area (Å²) in [5.74, 6) is -0.273. The molecule has 0 spiro atoms. The van der Waals surface area contributed by atoms with E-state index in [0.717, 1.165) is 28.6 Å². The number of fused-ring (bicyclic) bond motifs is 1. The molecule has 5 rings (SSSR count). The number of amides is 2. The molecule has 4 heterocycles. The second-order valence-corrected chi connectivity index (χ2v) is 9.79. The molecule has 2 amide bonds. The Hall–Kier alpha value is -2.36. The number of benzene rings is 1. The van der Waals surface area contributed by atoms with Crippen molar-refractivity contribution >= 4 is 44.6 Å². The van der Waals surface area contributed by atoms with Gasteiger partial charge in [0.05, 0.1) is 4.88 Å². The van der Waals surface area contributed by atoms with Crippen LogP contribution in [0.2, 0.25) is 0 Å². The zero-order valence-electron chi connectivity index (χ0n) is 16.4. The minimum absolute atomic E-state index is 0.00335. The number of thiophene rings is 1. The minimum Gasteiger partial charge on any atom is -0.335 e. The molecule has 6 nitrogen and oxygen atoms in total. The molecule has 9 heteroatoms. The van der Waals surface area contributed by atoms with Crippen molar-refractivity contribution in [2.45, 2.75) is 25.4 Å². The Balaban J connectivity index is 1.16. The van der Waals surface area contributed by atoms with E-state index in [-0.39, 0.29) is 29.7 Å². The van der Waals surface area contributed by atoms with Crippen LogP contribution in [0.15, 0.2) is 29.8 Å². The third-order valence-electron chi connectivity index (χ3n) is 5.83. The molecule has 2 saturated heterocycles. The van der Waals surface area contributed by atoms with Crippen molar-refractivity contribution in [3.63, 3.8) is 0 Å². The van der Waals surface area contributed by atoms with Crippen LogP contribution in [-0.4, -0.2) is 64.9 Å². The maximum atomic E-state index is 13.5. The molecule has 30 heavy (non-hydrogen) atoms. The molecule has 0 aliphatic carbocycles. The van der Waals surface area contributed by atoms with Gasteiger partial charge in [0, 0.05) is 54.5 Å². The Labute approximate surface area is 181 Å². The van der Waals surface area contributed by atoms with E-state index in [2.05, 4.69) is 10.3 Å². The van der Waals surface area contributed by atoms with Gasteiger partial charge in [-0.25, -0.2) is 9.37 Å². The molecule has 0 radical (unpaired) electrons. The monoisotopic (exact) mass is 444 g/mol. The minimum atomic E-state index is -0.282. The third kappa shape index (κ3) is 3.51. The van der Waals surface area contributed by atoms with Gasteiger partial charge in [-0.15, -0.1) is 22.7 Å². The highest BCUT2D eigenvalue weighted by Crippen LogP contribution is 2.33. The molecular weight excluding hydrogens is 423 g/mol. The largest absolute Gasteiger partial charge is 0.335 e. The van der Waals surface area contributed by atoms with E-state index >= 15 is 0 Å². The fourth-order valence-corrected chi connectivity index (χ4v) is 5.98. The van der Waals surface area contributed by atoms with Crippen molar-refractivity contribution in [2.24, 2.45) is 0 Å². The number of nitrogens with one attached hydrogen (secondary N) is 1. The van der Waals surface area contributed by atoms with Gasteiger partial charge in [-0.1, -0.05) is 6.07 Å². The Morgan fingerprint density at radius 2 is 1.97 bits per heavy atom. The number of aryl methyl sites for hydroxylation is 1. The Morgan fingerprint density at radius 3 is 2.73 bits per heavy atom. The lowest BCUT2D eigenvalue weighted by Crippen LogP contribution is -2.62. The number of carbonyl (C=O) groups is 2. The fraction of sp³-hybridized carbons (Fsp3) is 0.381. The van der Waals surface area contributed by atoms with Crippen LogP contribution in [-0.2, 0) is 0 Å². The summed E-state index contributed by atoms with van der Waals surface area (Å²) < 4.78 is 14.3. The van der Waals surface area contributed by atoms with Gasteiger partial charge in [-0.3, -0.25) is 9.59 Å². The summed E-state index contributed by atoms with van der Waals surface area (Å²) in [7, 11) is 0. The molecular formula is C21H21FN4O2S2. The van der Waals surface area contributed by atoms with Crippen LogP contribution in [0.4, 0.5) is 4.39 Å². The smallest absolute Gasteiger partial charge is 0.282 e. The molecule has 1 aromatic carbocycles. The third-order valence-corrected chi connectivity index (χ3v) is 7.83. The molecule has 156 valence electrons. The lowest BCUT2D eigenvalue weighted by molar-refractivity contribution is 0.0557. The average Bonchev–Trinajstić information content (AvgIpc) is 3.44. The Bertz CT molecular complexity index is 1110. The number of carbonyl (C=O) groups excluding carboxylic acids is 2. The van der Waals surface area contributed by atoms with Gasteiger partial charge < -0.3 is 15.1 Å². The van der Waals surface area contributed by atoms with Gasteiger partial charge in [0.25, 0.3) is 11.8 Å². The maximum absolute atomic E-state index is 13.5. The second-order valence-electron chi connectivity index (χ2n) is 7.84. The second kappa shape index (κ2) is 7.72. The van der Waals surface area contributed by atoms with Crippen molar-refractivity contribution in [3.8, 4) is 0 Å². The van der Waals surface area contributed by atoms with Gasteiger partial charge >= 0.3 is 0 Å². The molecule has 0 bridgehead atoms. The molecule has 2 fully saturated rings. The normalized spacial score (nSPS) is 19.5. The predicted octanol–water partition coefficient (Wildman–Crippen LogP) is 3.13. The van der Waals surface area contributed by atoms with Gasteiger partial charge in [0.2, 0.25) is 0 Å². The summed E-state index contributed by atoms with van der Waals surface area (Å²) >= 11 is 2.73. The van der Waals surface area contributed by atoms with Crippen LogP contribution >= 0.6 is 22.7 Å². The zero-order chi connectivity index (χ0) is 20.8. The number of nitrogens with zero attached hydrogens (tertiary/aromatic N) is 3. The van der Waals surface area contributed by atoms with Crippen LogP contribution < -0.4 is 5.32 Å². The molecule has 1 N–H and O–H groups in total. The topological polar surface area (TPSA) is 65.5 Å². The molecule has 2 aromatic heterocycles. The summed E-state index contributed by atoms with van der Waals surface area (Å²) in [5.41, 5.74) is 0.920. The summed E-state index contributed by atoms with van der Waals surface area (Å²) in [4.78, 5) is 33.8. The van der Waals surface area contributed by atoms with Crippen molar-refractivity contribution in [1.82, 2.24) is 20.1 Å². The van der Waals surface area contributed by atoms with Crippen LogP contribution in [0.25, 0.3) is 10.1 Å². The SMILES string of the molecule is Cc1c(C(=O)N2CC(NC3CCN(C(=O)c4nccs4)C3)C2)sc2cc(F)ccc12. The van der Waals surface area contributed by atoms with E-state index in [1.807, 2.05) is 22.1 Å². The highest BCUT2D eigenvalue weighted by Gasteiger charge is 2.36. The number of likely N-dealkylation sites (tertiary alicyclic amines) is 2. The number of hydrogen-bond acceptors (Lipinski definition) is 6. The highest BCUT2D eigenvalue weighted by molar-refractivity contribution is 7.21. The fourth-order valence-electron chi connectivity index (χ4n) is 4.18. The average molecular weight is 445 g/mol. The molecule has 2 aliphatic heterocycles. The molecule has 1 atom stereocenters. The predicted molar refractivity (Wildman–Crippen MR) is 116 cm³/mol. The van der Waals surface area contributed by atoms with Crippen LogP contribution in [0.3, 0.4) is 0 Å². The van der Waals surface area contributed by atoms with E-state index in [9.17, 15) is 14.0 Å². The summed E-state index contributed by atoms with van der Waals surface area (Å²) in [6.07, 6.45) is 2.56. The van der Waals surface area contributed by atoms with Crippen molar-refractivity contribution in [2.75, 3.05) is 26.2 Å². The summed E-state index contributed by atoms with van der Waals surface area (Å²) in [6.45, 7) is 4.62. The lowest BCUT2D eigenvalue weighted by Gasteiger charge is -2.41. The lowest BCUT2D eigenvalue weighted by atomic mass is 10.1. The van der Waals surface area contributed by atoms with Gasteiger partial charge in [0.1, 0.15) is 5.82 Å². The molecule has 1 unspecified atom stereocenters. The van der Waals surface area contributed by atoms with Crippen molar-refractivity contribution in [3.05, 3.63) is 51.0 Å². The van der Waals surface area contributed by atoms with Crippen LogP contribution in [0, 0.1) is 12.7 Å². The van der Waals surface area contributed by atoms with Gasteiger partial charge in [-0.05, 0) is 36.4 Å². The number of hydrogen-bond donors (Lipinski definition) is 1. The first kappa shape index (κ1) is 19.6. The van der Waals surface area contributed by atoms with E-state index in [1.165, 1.54) is 34.8 Å². The highest BCUT2D eigenvalue weighted by atomic mass is 32.1. The van der Waals surface area contributed by atoms with Gasteiger partial charge in [-0.2, -0.15) is 0 Å². The van der Waals surface area contributed by atoms with E-state index in [4.69, 9.17) is 0 Å². The number of rotatable bonds is 4. The number of halogens is 1. The summed E-state index contributed by atoms with van der Waals surface area (Å²) in [6, 6.07) is 5.14. The summed E-state index contributed by atoms with van der Waals surface area (Å²) in [5, 5.41) is 6.87. The molecule has 0 saturated carbocycles. The van der Waals surface area contributed by atoms with Crippen molar-refractivity contribution in [1.29, 1.82) is 0 Å². The van der Waals surface area contributed by atoms with E-state index in [0.29, 0.717) is 29.5 Å². The first-order valence-corrected chi connectivity index (χ1v) is 11.6. The zero-order valence-corrected chi connectivity index (χ0v) is 18.1. The molecule has 2 aliphatic rings. The molecule has 3 aromatic rings. The number of aromatic nitrogens is 1. The van der Waals surface area contributed by atoms with Crippen LogP contribution in [0.5, 0.6) is 0 Å². The van der Waals surface area contributed by atoms with Gasteiger partial charge in [0.15, 0.2) is 5.01 Å². The first-order chi connectivity index (χ1) is 14.5. The Morgan fingerprint density at radius 1 is 1.17 bits per heavy atom. The van der Waals surface area contributed by atoms with Crippen LogP contribution in [0.1, 0.15) is 31.5 Å². The quantitative estimate of drug-likeness (QED) is 0.672. The van der Waals surface area contributed by atoms with E-state index in [1.54, 1.807) is 12.3 Å². The standard InChI is InChI=1S/C21H21FN4O2S2/c1-12-16-3-2-13(22)8-17(16)30-18(12)20(27)26-10-15(11-26)24-14-4-6-25(9-14)21(28)19-23-5-7-29-19/h2-3,5,7-8,14-15,24H,4,6,9-11H2,1H3. The van der Waals surface area contributed by atoms with E-state index < -0.39 is 0 Å². The van der Waals surface area contributed by atoms with Crippen molar-refractivity contribution < 1.29 is 14.0 Å².